The third kappa shape index (κ3) is 23.5. The maximum Gasteiger partial charge on any atom is 0.534 e. The van der Waals surface area contributed by atoms with Crippen LogP contribution in [0.15, 0.2) is 88.8 Å². The van der Waals surface area contributed by atoms with Crippen LogP contribution in [0.3, 0.4) is 0 Å². The van der Waals surface area contributed by atoms with Crippen LogP contribution in [0.25, 0.3) is 27.8 Å². The normalized spacial score (nSPS) is 20.4. The average Bonchev–Trinajstić information content (AvgIpc) is 1.23. The van der Waals surface area contributed by atoms with Gasteiger partial charge in [0.25, 0.3) is 0 Å². The van der Waals surface area contributed by atoms with Crippen LogP contribution in [0.2, 0.25) is 5.02 Å². The van der Waals surface area contributed by atoms with Crippen LogP contribution >= 0.6 is 27.5 Å². The van der Waals surface area contributed by atoms with Gasteiger partial charge in [0, 0.05) is 49.7 Å². The van der Waals surface area contributed by atoms with E-state index in [4.69, 9.17) is 49.7 Å². The zero-order chi connectivity index (χ0) is 87.2. The molecule has 6 unspecified atom stereocenters. The lowest BCUT2D eigenvalue weighted by molar-refractivity contribution is -0.165. The Kier molecular flexibility index (Phi) is 31.2. The highest BCUT2D eigenvalue weighted by molar-refractivity contribution is 9.10. The molecule has 6 atom stereocenters. The first-order valence-corrected chi connectivity index (χ1v) is 42.8. The second-order valence-corrected chi connectivity index (χ2v) is 38.2. The fourth-order valence-corrected chi connectivity index (χ4v) is 17.2. The molecule has 3 aromatic heterocycles. The zero-order valence-corrected chi connectivity index (χ0v) is 72.3. The number of hydrogen-bond donors (Lipinski definition) is 1. The molecule has 1 N–H and O–H groups in total. The summed E-state index contributed by atoms with van der Waals surface area (Å²) in [5, 5.41) is 19.1. The molecule has 0 bridgehead atoms. The number of carboxylic acid groups (broad SMARTS) is 1. The number of halogens is 11. The van der Waals surface area contributed by atoms with Crippen LogP contribution in [-0.2, 0) is 99.2 Å². The van der Waals surface area contributed by atoms with Crippen molar-refractivity contribution in [2.24, 2.45) is 37.8 Å². The Morgan fingerprint density at radius 3 is 1.53 bits per heavy atom. The first-order chi connectivity index (χ1) is 53.4. The van der Waals surface area contributed by atoms with Crippen LogP contribution in [0.5, 0.6) is 11.5 Å². The molecule has 1 saturated heterocycles. The highest BCUT2D eigenvalue weighted by Gasteiger charge is 2.62. The monoisotopic (exact) mass is 1790 g/mol. The topological polar surface area (TPSA) is 299 Å². The fourth-order valence-electron chi connectivity index (χ4n) is 13.2. The summed E-state index contributed by atoms with van der Waals surface area (Å²) in [4.78, 5) is 38.3. The lowest BCUT2D eigenvalue weighted by Crippen LogP contribution is -2.49. The van der Waals surface area contributed by atoms with Gasteiger partial charge in [0.2, 0.25) is 0 Å². The van der Waals surface area contributed by atoms with Gasteiger partial charge in [-0.05, 0) is 250 Å². The van der Waals surface area contributed by atoms with Crippen molar-refractivity contribution in [1.29, 1.82) is 0 Å². The molecule has 644 valence electrons. The van der Waals surface area contributed by atoms with E-state index >= 15 is 0 Å². The largest absolute Gasteiger partial charge is 0.534 e. The SMILES string of the molecule is CC1CCC=C1B1OC(C)(C)C(C)(C)O1.CC1CCC=C1OS(=O)(=O)C(F)(F)F.CC1CCC=C1c1nn(C)c(C(OC(C)(C)C)C(=O)O)c1-c1ccc2c(c1)CCCO2.CC1CCCC1=O.COC(=O)C(OC(C)(C)C)c1c(-c2ccc3c(c2)CCCO3)c(Br)nn1C.O=S(=O)(N(c1ccc(Cl)cn1)S(=O)(=O)C(F)(F)F)C(F)(F)F. The summed E-state index contributed by atoms with van der Waals surface area (Å²) in [6, 6.07) is 13.1. The van der Waals surface area contributed by atoms with Gasteiger partial charge in [-0.15, -0.1) is 3.71 Å². The molecule has 1 saturated carbocycles. The third-order valence-electron chi connectivity index (χ3n) is 19.9. The van der Waals surface area contributed by atoms with Gasteiger partial charge >= 0.3 is 65.7 Å². The van der Waals surface area contributed by atoms with Gasteiger partial charge in [-0.1, -0.05) is 63.6 Å². The Bertz CT molecular complexity index is 4750. The summed E-state index contributed by atoms with van der Waals surface area (Å²) in [6.45, 7) is 29.3. The van der Waals surface area contributed by atoms with E-state index in [-0.39, 0.29) is 41.1 Å². The summed E-state index contributed by atoms with van der Waals surface area (Å²) in [6.07, 6.45) is 17.0. The molecule has 2 fully saturated rings. The van der Waals surface area contributed by atoms with E-state index in [1.165, 1.54) is 37.1 Å². The Balaban J connectivity index is 0.000000201. The van der Waals surface area contributed by atoms with Crippen molar-refractivity contribution in [3.8, 4) is 33.8 Å². The molecule has 2 aromatic carbocycles. The minimum Gasteiger partial charge on any atom is -0.493 e. The van der Waals surface area contributed by atoms with Gasteiger partial charge < -0.3 is 42.3 Å². The van der Waals surface area contributed by atoms with Gasteiger partial charge in [0.15, 0.2) is 18.0 Å². The lowest BCUT2D eigenvalue weighted by atomic mass is 9.73. The first-order valence-electron chi connectivity index (χ1n) is 37.4. The number of Topliss-reactive ketones (excluding diaryl/α,β-unsaturated/α-hetero) is 1. The standard InChI is InChI=1S/C25H32N2O4.C20H25BrN2O4.C12H21BO2.C7H3ClF6N2O4S2.C7H9F3O3S.C6H10O/c1-15-8-6-10-18(15)21-20(17-11-12-19-16(14-17)9-7-13-30-19)22(27(5)26-21)23(24(28)29)31-25(2,3)4;1-20(2,3)27-17(19(24)25-5)16-15(18(21)22-23(16)4)13-8-9-14-12(11-13)7-6-10-26-14;1-9-7-6-8-10(9)13-14-11(2,3)12(4,5)15-13;8-4-1-2-5(15-3-4)16(21(17,18)6(9,10)11)22(19,20)7(12,13)14;1-5-3-2-4-6(5)13-14(11,12)7(8,9)10;1-5-3-2-4-6(5)7/h10-12,14-15,23H,6-9,13H2,1-5H3,(H,28,29);8-9,11,17H,6-7,10H2,1-5H3;8-9H,6-7H2,1-5H3;1-3H;4-5H,2-3H2,1H3;5H,2-4H2,1H3. The van der Waals surface area contributed by atoms with Crippen LogP contribution in [-0.4, -0.2) is 139 Å². The summed E-state index contributed by atoms with van der Waals surface area (Å²) in [5.74, 6) is 0.170. The molecule has 12 rings (SSSR count). The van der Waals surface area contributed by atoms with E-state index in [0.717, 1.165) is 122 Å². The number of allylic oxidation sites excluding steroid dienone is 6. The first kappa shape index (κ1) is 96.1. The van der Waals surface area contributed by atoms with Gasteiger partial charge in [-0.25, -0.2) is 14.6 Å². The van der Waals surface area contributed by atoms with Crippen molar-refractivity contribution in [1.82, 2.24) is 24.5 Å². The summed E-state index contributed by atoms with van der Waals surface area (Å²) in [7, 11) is -14.5. The number of alkyl halides is 9. The number of esters is 1. The molecule has 0 spiro atoms. The van der Waals surface area contributed by atoms with E-state index in [9.17, 15) is 84.3 Å². The highest BCUT2D eigenvalue weighted by atomic mass is 79.9. The minimum absolute atomic E-state index is 0.109. The zero-order valence-electron chi connectivity index (χ0n) is 67.5. The van der Waals surface area contributed by atoms with Gasteiger partial charge in [-0.2, -0.15) is 75.0 Å². The van der Waals surface area contributed by atoms with Crippen molar-refractivity contribution in [3.63, 3.8) is 0 Å². The number of methoxy groups -OCH3 is 1. The quantitative estimate of drug-likeness (QED) is 0.0335. The summed E-state index contributed by atoms with van der Waals surface area (Å²) < 4.78 is 223. The van der Waals surface area contributed by atoms with E-state index in [2.05, 4.69) is 96.0 Å². The number of carboxylic acids is 1. The van der Waals surface area contributed by atoms with Crippen molar-refractivity contribution >= 4 is 93.9 Å². The lowest BCUT2D eigenvalue weighted by Gasteiger charge is -2.32. The Labute approximate surface area is 685 Å². The number of aromatic nitrogens is 5. The predicted molar refractivity (Wildman–Crippen MR) is 421 cm³/mol. The van der Waals surface area contributed by atoms with E-state index < -0.39 is 91.6 Å². The van der Waals surface area contributed by atoms with Crippen molar-refractivity contribution in [2.75, 3.05) is 24.0 Å². The number of hydrogen-bond acceptors (Lipinski definition) is 20. The molecule has 0 radical (unpaired) electrons. The number of pyridine rings is 1. The Morgan fingerprint density at radius 2 is 1.12 bits per heavy atom. The third-order valence-corrected chi connectivity index (χ3v) is 25.3. The molecule has 24 nitrogen and oxygen atoms in total. The van der Waals surface area contributed by atoms with Crippen LogP contribution in [0.1, 0.15) is 208 Å². The number of fused-ring (bicyclic) bond motifs is 2. The smallest absolute Gasteiger partial charge is 0.493 e. The Morgan fingerprint density at radius 1 is 0.638 bits per heavy atom. The van der Waals surface area contributed by atoms with Crippen molar-refractivity contribution in [2.45, 2.75) is 232 Å². The number of rotatable bonds is 15. The number of carbonyl (C=O) groups is 3. The van der Waals surface area contributed by atoms with Crippen molar-refractivity contribution < 1.29 is 121 Å². The number of nitrogens with zero attached hydrogens (tertiary/aromatic N) is 6. The number of aliphatic carboxylic acids is 1. The van der Waals surface area contributed by atoms with Gasteiger partial charge in [0.05, 0.1) is 64.8 Å². The number of anilines is 1. The molecule has 4 aliphatic carbocycles. The number of aryl methyl sites for hydroxylation is 4. The van der Waals surface area contributed by atoms with E-state index in [0.29, 0.717) is 64.6 Å². The number of ketones is 1. The number of sulfonamides is 2. The van der Waals surface area contributed by atoms with Crippen LogP contribution in [0.4, 0.5) is 45.3 Å². The number of benzene rings is 2. The molecule has 7 aliphatic rings. The molecule has 6 heterocycles. The second kappa shape index (κ2) is 37.7. The number of ether oxygens (including phenoxy) is 5. The number of carbonyl (C=O) groups excluding carboxylic acids is 2. The second-order valence-electron chi connectivity index (χ2n) is 31.7. The molecular formula is C77H100BBrClF9N6O18S3. The highest BCUT2D eigenvalue weighted by Crippen LogP contribution is 2.47. The molecule has 0 amide bonds. The maximum atomic E-state index is 12.5. The van der Waals surface area contributed by atoms with Gasteiger partial charge in [-0.3, -0.25) is 14.2 Å². The van der Waals surface area contributed by atoms with Crippen LogP contribution < -0.4 is 13.2 Å². The van der Waals surface area contributed by atoms with E-state index in [1.54, 1.807) is 23.3 Å². The maximum absolute atomic E-state index is 12.5. The predicted octanol–water partition coefficient (Wildman–Crippen LogP) is 18.1. The van der Waals surface area contributed by atoms with E-state index in [1.807, 2.05) is 79.8 Å². The Hall–Kier alpha value is -7.07. The molecular weight excluding hydrogens is 1690 g/mol. The molecule has 5 aromatic rings. The molecule has 3 aliphatic heterocycles. The molecule has 39 heteroatoms. The minimum atomic E-state index is -6.93. The van der Waals surface area contributed by atoms with Crippen LogP contribution in [0, 0.1) is 23.7 Å². The summed E-state index contributed by atoms with van der Waals surface area (Å²) in [5.41, 5.74) is -9.00. The fraction of sp³-hybridized carbons (Fsp3) is 0.584. The molecule has 116 heavy (non-hydrogen) atoms. The summed E-state index contributed by atoms with van der Waals surface area (Å²) >= 11 is 8.85. The average molecular weight is 1790 g/mol. The van der Waals surface area contributed by atoms with Gasteiger partial charge in [0.1, 0.15) is 27.6 Å². The van der Waals surface area contributed by atoms with Crippen molar-refractivity contribution in [3.05, 3.63) is 122 Å².